The Kier molecular flexibility index (Phi) is 3.95. The summed E-state index contributed by atoms with van der Waals surface area (Å²) < 4.78 is 38.0. The van der Waals surface area contributed by atoms with E-state index in [9.17, 15) is 18.0 Å². The van der Waals surface area contributed by atoms with Crippen LogP contribution in [0.4, 0.5) is 19.1 Å². The number of halogens is 5. The Labute approximate surface area is 140 Å². The van der Waals surface area contributed by atoms with Crippen LogP contribution >= 0.6 is 34.5 Å². The Morgan fingerprint density at radius 3 is 2.65 bits per heavy atom. The molecule has 0 aliphatic heterocycles. The molecule has 2 aromatic heterocycles. The molecule has 0 bridgehead atoms. The Morgan fingerprint density at radius 2 is 2.04 bits per heavy atom. The van der Waals surface area contributed by atoms with E-state index >= 15 is 0 Å². The molecule has 2 heterocycles. The number of aromatic amines is 1. The number of aromatic nitrogens is 3. The summed E-state index contributed by atoms with van der Waals surface area (Å²) in [6, 6.07) is 5.04. The van der Waals surface area contributed by atoms with Gasteiger partial charge in [0.2, 0.25) is 11.8 Å². The molecule has 23 heavy (non-hydrogen) atoms. The van der Waals surface area contributed by atoms with Crippen molar-refractivity contribution in [1.29, 1.82) is 0 Å². The van der Waals surface area contributed by atoms with E-state index in [1.807, 2.05) is 0 Å². The SMILES string of the molecule is O=C(Nc1n[nH]c(C(F)(F)F)n1)c1sc2cccc(Cl)c2c1Cl. The van der Waals surface area contributed by atoms with Gasteiger partial charge in [0.05, 0.1) is 10.0 Å². The summed E-state index contributed by atoms with van der Waals surface area (Å²) in [4.78, 5) is 15.4. The van der Waals surface area contributed by atoms with Crippen molar-refractivity contribution in [3.63, 3.8) is 0 Å². The number of carbonyl (C=O) groups excluding carboxylic acids is 1. The van der Waals surface area contributed by atoms with Crippen LogP contribution in [-0.2, 0) is 6.18 Å². The van der Waals surface area contributed by atoms with E-state index in [1.54, 1.807) is 23.3 Å². The van der Waals surface area contributed by atoms with Gasteiger partial charge in [-0.25, -0.2) is 0 Å². The Hall–Kier alpha value is -1.84. The lowest BCUT2D eigenvalue weighted by molar-refractivity contribution is -0.144. The molecule has 3 aromatic rings. The zero-order chi connectivity index (χ0) is 16.8. The summed E-state index contributed by atoms with van der Waals surface area (Å²) in [5, 5.41) is 8.17. The van der Waals surface area contributed by atoms with Crippen molar-refractivity contribution >= 4 is 56.5 Å². The summed E-state index contributed by atoms with van der Waals surface area (Å²) in [5.41, 5.74) is 0. The standard InChI is InChI=1S/C12H5Cl2F3N4OS/c13-4-2-1-3-5-6(4)7(14)8(23-5)9(22)18-11-19-10(20-21-11)12(15,16)17/h1-3H,(H2,18,19,20,21,22). The number of amides is 1. The van der Waals surface area contributed by atoms with Crippen LogP contribution in [0.1, 0.15) is 15.5 Å². The topological polar surface area (TPSA) is 70.7 Å². The molecular formula is C12H5Cl2F3N4OS. The molecule has 1 aromatic carbocycles. The molecule has 11 heteroatoms. The number of carbonyl (C=O) groups is 1. The second-order valence-electron chi connectivity index (χ2n) is 4.32. The number of benzene rings is 1. The molecule has 0 atom stereocenters. The van der Waals surface area contributed by atoms with Crippen molar-refractivity contribution < 1.29 is 18.0 Å². The fourth-order valence-electron chi connectivity index (χ4n) is 1.82. The van der Waals surface area contributed by atoms with Crippen LogP contribution in [-0.4, -0.2) is 21.1 Å². The van der Waals surface area contributed by atoms with Crippen LogP contribution in [0, 0.1) is 0 Å². The number of hydrogen-bond donors (Lipinski definition) is 2. The molecule has 1 amide bonds. The number of rotatable bonds is 2. The van der Waals surface area contributed by atoms with Crippen LogP contribution in [0.2, 0.25) is 10.0 Å². The quantitative estimate of drug-likeness (QED) is 0.682. The molecule has 5 nitrogen and oxygen atoms in total. The van der Waals surface area contributed by atoms with E-state index in [4.69, 9.17) is 23.2 Å². The van der Waals surface area contributed by atoms with Gasteiger partial charge in [0.15, 0.2) is 0 Å². The average Bonchev–Trinajstić information content (AvgIpc) is 3.04. The average molecular weight is 381 g/mol. The summed E-state index contributed by atoms with van der Waals surface area (Å²) >= 11 is 13.2. The zero-order valence-electron chi connectivity index (χ0n) is 10.8. The largest absolute Gasteiger partial charge is 0.451 e. The van der Waals surface area contributed by atoms with E-state index in [2.05, 4.69) is 15.4 Å². The molecule has 0 saturated heterocycles. The molecule has 120 valence electrons. The van der Waals surface area contributed by atoms with E-state index in [1.165, 1.54) is 0 Å². The molecule has 0 saturated carbocycles. The van der Waals surface area contributed by atoms with Gasteiger partial charge in [0, 0.05) is 10.1 Å². The van der Waals surface area contributed by atoms with E-state index < -0.39 is 23.9 Å². The summed E-state index contributed by atoms with van der Waals surface area (Å²) in [5.74, 6) is -2.53. The zero-order valence-corrected chi connectivity index (χ0v) is 13.2. The maximum absolute atomic E-state index is 12.4. The molecule has 0 aliphatic carbocycles. The molecule has 3 rings (SSSR count). The van der Waals surface area contributed by atoms with Crippen LogP contribution < -0.4 is 5.32 Å². The van der Waals surface area contributed by atoms with Crippen LogP contribution in [0.15, 0.2) is 18.2 Å². The van der Waals surface area contributed by atoms with Crippen molar-refractivity contribution in [3.8, 4) is 0 Å². The number of fused-ring (bicyclic) bond motifs is 1. The highest BCUT2D eigenvalue weighted by Crippen LogP contribution is 2.39. The van der Waals surface area contributed by atoms with Gasteiger partial charge in [0.25, 0.3) is 5.91 Å². The number of anilines is 1. The van der Waals surface area contributed by atoms with Gasteiger partial charge in [-0.1, -0.05) is 29.3 Å². The minimum Gasteiger partial charge on any atom is -0.288 e. The lowest BCUT2D eigenvalue weighted by atomic mass is 10.2. The van der Waals surface area contributed by atoms with Gasteiger partial charge in [0.1, 0.15) is 4.88 Å². The molecule has 0 aliphatic rings. The monoisotopic (exact) mass is 380 g/mol. The Morgan fingerprint density at radius 1 is 1.30 bits per heavy atom. The lowest BCUT2D eigenvalue weighted by Crippen LogP contribution is -2.12. The second-order valence-corrected chi connectivity index (χ2v) is 6.16. The molecule has 2 N–H and O–H groups in total. The van der Waals surface area contributed by atoms with Crippen molar-refractivity contribution in [2.24, 2.45) is 0 Å². The highest BCUT2D eigenvalue weighted by Gasteiger charge is 2.35. The highest BCUT2D eigenvalue weighted by molar-refractivity contribution is 7.21. The van der Waals surface area contributed by atoms with E-state index in [0.717, 1.165) is 11.3 Å². The van der Waals surface area contributed by atoms with Crippen molar-refractivity contribution in [1.82, 2.24) is 15.2 Å². The van der Waals surface area contributed by atoms with Gasteiger partial charge in [-0.2, -0.15) is 18.2 Å². The molecule has 0 unspecified atom stereocenters. The van der Waals surface area contributed by atoms with Gasteiger partial charge in [-0.3, -0.25) is 15.2 Å². The lowest BCUT2D eigenvalue weighted by Gasteiger charge is -2.00. The molecular weight excluding hydrogens is 376 g/mol. The van der Waals surface area contributed by atoms with Gasteiger partial charge in [-0.05, 0) is 12.1 Å². The van der Waals surface area contributed by atoms with Crippen LogP contribution in [0.5, 0.6) is 0 Å². The predicted octanol–water partition coefficient (Wildman–Crippen LogP) is 4.60. The van der Waals surface area contributed by atoms with Crippen molar-refractivity contribution in [2.75, 3.05) is 5.32 Å². The van der Waals surface area contributed by atoms with E-state index in [-0.39, 0.29) is 9.90 Å². The number of alkyl halides is 3. The summed E-state index contributed by atoms with van der Waals surface area (Å²) in [6.45, 7) is 0. The predicted molar refractivity (Wildman–Crippen MR) is 81.2 cm³/mol. The minimum absolute atomic E-state index is 0.105. The van der Waals surface area contributed by atoms with Crippen LogP contribution in [0.25, 0.3) is 10.1 Å². The van der Waals surface area contributed by atoms with Crippen LogP contribution in [0.3, 0.4) is 0 Å². The third kappa shape index (κ3) is 2.99. The molecule has 0 spiro atoms. The van der Waals surface area contributed by atoms with Crippen molar-refractivity contribution in [2.45, 2.75) is 6.18 Å². The molecule has 0 radical (unpaired) electrons. The fourth-order valence-corrected chi connectivity index (χ4v) is 3.67. The van der Waals surface area contributed by atoms with Crippen molar-refractivity contribution in [3.05, 3.63) is 38.9 Å². The first-order chi connectivity index (χ1) is 10.8. The third-order valence-corrected chi connectivity index (χ3v) is 4.75. The Bertz CT molecular complexity index is 905. The Balaban J connectivity index is 1.91. The third-order valence-electron chi connectivity index (χ3n) is 2.79. The van der Waals surface area contributed by atoms with E-state index in [0.29, 0.717) is 15.1 Å². The molecule has 0 fully saturated rings. The summed E-state index contributed by atoms with van der Waals surface area (Å²) in [7, 11) is 0. The van der Waals surface area contributed by atoms with Gasteiger partial charge in [-0.15, -0.1) is 16.4 Å². The number of nitrogens with zero attached hydrogens (tertiary/aromatic N) is 2. The first-order valence-electron chi connectivity index (χ1n) is 5.95. The number of H-pyrrole nitrogens is 1. The number of nitrogens with one attached hydrogen (secondary N) is 2. The highest BCUT2D eigenvalue weighted by atomic mass is 35.5. The van der Waals surface area contributed by atoms with Gasteiger partial charge >= 0.3 is 6.18 Å². The second kappa shape index (κ2) is 5.66. The minimum atomic E-state index is -4.68. The van der Waals surface area contributed by atoms with Gasteiger partial charge < -0.3 is 0 Å². The maximum atomic E-state index is 12.4. The first-order valence-corrected chi connectivity index (χ1v) is 7.52. The number of thiophene rings is 1. The normalized spacial score (nSPS) is 11.9. The fraction of sp³-hybridized carbons (Fsp3) is 0.0833. The maximum Gasteiger partial charge on any atom is 0.451 e. The number of hydrogen-bond acceptors (Lipinski definition) is 4. The first kappa shape index (κ1) is 16.0. The smallest absolute Gasteiger partial charge is 0.288 e. The summed E-state index contributed by atoms with van der Waals surface area (Å²) in [6.07, 6.45) is -4.68.